The number of carbonyl (C=O) groups is 1. The van der Waals surface area contributed by atoms with Gasteiger partial charge in [-0.05, 0) is 12.1 Å². The van der Waals surface area contributed by atoms with Gasteiger partial charge in [0.05, 0.1) is 35.8 Å². The molecule has 0 aliphatic carbocycles. The van der Waals surface area contributed by atoms with E-state index in [-0.39, 0.29) is 17.1 Å². The van der Waals surface area contributed by atoms with Crippen LogP contribution >= 0.6 is 0 Å². The molecule has 0 bridgehead atoms. The zero-order chi connectivity index (χ0) is 25.3. The second-order valence-corrected chi connectivity index (χ2v) is 7.05. The number of nitrogens with zero attached hydrogens (tertiary/aromatic N) is 5. The van der Waals surface area contributed by atoms with E-state index in [2.05, 4.69) is 15.0 Å². The van der Waals surface area contributed by atoms with Crippen LogP contribution in [0.4, 0.5) is 23.4 Å². The highest BCUT2D eigenvalue weighted by Crippen LogP contribution is 2.43. The largest absolute Gasteiger partial charge is 0.488 e. The van der Waals surface area contributed by atoms with Crippen LogP contribution in [-0.4, -0.2) is 43.7 Å². The number of rotatable bonds is 2. The molecule has 1 atom stereocenters. The van der Waals surface area contributed by atoms with Gasteiger partial charge >= 0.3 is 6.18 Å². The Balaban J connectivity index is 1.60. The van der Waals surface area contributed by atoms with Crippen LogP contribution in [0.1, 0.15) is 31.8 Å². The number of pyridine rings is 1. The average Bonchev–Trinajstić information content (AvgIpc) is 3.41. The minimum absolute atomic E-state index is 0.167. The van der Waals surface area contributed by atoms with Crippen molar-refractivity contribution in [1.82, 2.24) is 24.3 Å². The van der Waals surface area contributed by atoms with Gasteiger partial charge in [-0.25, -0.2) is 19.3 Å². The van der Waals surface area contributed by atoms with Crippen LogP contribution in [0.15, 0.2) is 36.9 Å². The third-order valence-corrected chi connectivity index (χ3v) is 5.19. The van der Waals surface area contributed by atoms with Crippen LogP contribution < -0.4 is 10.5 Å². The Morgan fingerprint density at radius 1 is 1.34 bits per heavy atom. The number of hydrogen-bond donors (Lipinski definition) is 1. The Morgan fingerprint density at radius 2 is 2.16 bits per heavy atom. The highest BCUT2D eigenvalue weighted by Gasteiger charge is 2.40. The topological polar surface area (TPSA) is 98.6 Å². The lowest BCUT2D eigenvalue weighted by Crippen LogP contribution is -2.32. The van der Waals surface area contributed by atoms with Gasteiger partial charge < -0.3 is 15.4 Å². The van der Waals surface area contributed by atoms with Gasteiger partial charge in [0.25, 0.3) is 5.91 Å². The molecular weight excluding hydrogens is 432 g/mol. The monoisotopic (exact) mass is 449 g/mol. The number of alkyl halides is 3. The number of halogens is 4. The number of carbonyl (C=O) groups excluding carboxylic acids is 1. The van der Waals surface area contributed by atoms with E-state index in [0.717, 1.165) is 6.07 Å². The van der Waals surface area contributed by atoms with Crippen molar-refractivity contribution in [1.29, 1.82) is 0 Å². The molecule has 3 aromatic heterocycles. The summed E-state index contributed by atoms with van der Waals surface area (Å²) in [5.41, 5.74) is 4.94. The molecule has 1 unspecified atom stereocenters. The summed E-state index contributed by atoms with van der Waals surface area (Å²) in [6.07, 6.45) is -0.877. The van der Waals surface area contributed by atoms with Crippen molar-refractivity contribution in [2.24, 2.45) is 0 Å². The summed E-state index contributed by atoms with van der Waals surface area (Å²) in [4.78, 5) is 26.0. The van der Waals surface area contributed by atoms with E-state index >= 15 is 0 Å². The van der Waals surface area contributed by atoms with Crippen LogP contribution in [0, 0.1) is 5.82 Å². The zero-order valence-electron chi connectivity index (χ0n) is 18.9. The molecule has 164 valence electrons. The smallest absolute Gasteiger partial charge is 0.419 e. The van der Waals surface area contributed by atoms with Gasteiger partial charge in [0, 0.05) is 16.7 Å². The SMILES string of the molecule is [2H]C([2H])([2H])N(C(=O)c1cc2c(cn1)nc(N)c1cncn12)C1COc2c1ccc(C(F)(F)F)c2F. The van der Waals surface area contributed by atoms with Crippen LogP contribution in [0.25, 0.3) is 16.6 Å². The number of imidazole rings is 1. The molecule has 5 rings (SSSR count). The first kappa shape index (κ1) is 16.7. The quantitative estimate of drug-likeness (QED) is 0.472. The summed E-state index contributed by atoms with van der Waals surface area (Å²) in [5.74, 6) is -3.33. The molecule has 12 heteroatoms. The number of anilines is 1. The fourth-order valence-corrected chi connectivity index (χ4v) is 3.63. The first-order chi connectivity index (χ1) is 16.4. The van der Waals surface area contributed by atoms with Crippen molar-refractivity contribution in [3.8, 4) is 5.75 Å². The van der Waals surface area contributed by atoms with Gasteiger partial charge in [0.15, 0.2) is 11.6 Å². The standard InChI is InChI=1S/C20H14F4N6O2/c1-29(15-7-32-17-9(15)2-3-10(16(17)21)20(22,23)24)19(31)11-4-13-12(5-27-11)28-18(25)14-6-26-8-30(13)14/h2-6,8,15H,7H2,1H3,(H2,25,28)/i1D3. The molecular formula is C20H14F4N6O2. The molecule has 4 heterocycles. The van der Waals surface area contributed by atoms with Crippen molar-refractivity contribution < 1.29 is 31.2 Å². The Labute approximate surface area is 181 Å². The molecule has 4 aromatic rings. The maximum Gasteiger partial charge on any atom is 0.419 e. The minimum Gasteiger partial charge on any atom is -0.488 e. The van der Waals surface area contributed by atoms with Crippen LogP contribution in [0.3, 0.4) is 0 Å². The number of likely N-dealkylation sites (N-methyl/N-ethyl adjacent to an activating group) is 1. The summed E-state index contributed by atoms with van der Waals surface area (Å²) in [7, 11) is 0. The van der Waals surface area contributed by atoms with Gasteiger partial charge in [-0.15, -0.1) is 0 Å². The van der Waals surface area contributed by atoms with E-state index < -0.39 is 48.8 Å². The predicted molar refractivity (Wildman–Crippen MR) is 104 cm³/mol. The maximum atomic E-state index is 14.5. The molecule has 0 saturated heterocycles. The van der Waals surface area contributed by atoms with Crippen molar-refractivity contribution in [2.75, 3.05) is 19.3 Å². The van der Waals surface area contributed by atoms with E-state index in [0.29, 0.717) is 27.5 Å². The number of aromatic nitrogens is 4. The maximum absolute atomic E-state index is 14.5. The van der Waals surface area contributed by atoms with Crippen LogP contribution in [0.5, 0.6) is 5.75 Å². The Bertz CT molecular complexity index is 1500. The molecule has 1 amide bonds. The van der Waals surface area contributed by atoms with Crippen molar-refractivity contribution in [3.63, 3.8) is 0 Å². The molecule has 2 N–H and O–H groups in total. The number of nitrogens with two attached hydrogens (primary N) is 1. The second-order valence-electron chi connectivity index (χ2n) is 7.05. The highest BCUT2D eigenvalue weighted by molar-refractivity contribution is 5.96. The lowest BCUT2D eigenvalue weighted by atomic mass is 10.0. The normalized spacial score (nSPS) is 17.5. The number of ether oxygens (including phenoxy) is 1. The van der Waals surface area contributed by atoms with Gasteiger partial charge in [-0.1, -0.05) is 6.07 Å². The number of hydrogen-bond acceptors (Lipinski definition) is 6. The Kier molecular flexibility index (Phi) is 3.53. The molecule has 0 saturated carbocycles. The van der Waals surface area contributed by atoms with Gasteiger partial charge in [0.2, 0.25) is 0 Å². The van der Waals surface area contributed by atoms with E-state index in [1.807, 2.05) is 0 Å². The summed E-state index contributed by atoms with van der Waals surface area (Å²) in [6.45, 7) is -3.62. The molecule has 1 aliphatic heterocycles. The number of nitrogen functional groups attached to an aromatic ring is 1. The summed E-state index contributed by atoms with van der Waals surface area (Å²) in [6, 6.07) is 1.29. The highest BCUT2D eigenvalue weighted by atomic mass is 19.4. The predicted octanol–water partition coefficient (Wildman–Crippen LogP) is 3.22. The lowest BCUT2D eigenvalue weighted by molar-refractivity contribution is -0.140. The summed E-state index contributed by atoms with van der Waals surface area (Å²) >= 11 is 0. The lowest BCUT2D eigenvalue weighted by Gasteiger charge is -2.23. The van der Waals surface area contributed by atoms with E-state index in [1.54, 1.807) is 0 Å². The number of amides is 1. The van der Waals surface area contributed by atoms with Crippen molar-refractivity contribution >= 4 is 28.3 Å². The number of benzene rings is 1. The Hall–Kier alpha value is -3.96. The molecule has 32 heavy (non-hydrogen) atoms. The third-order valence-electron chi connectivity index (χ3n) is 5.19. The zero-order valence-corrected chi connectivity index (χ0v) is 15.9. The fraction of sp³-hybridized carbons (Fsp3) is 0.200. The molecule has 8 nitrogen and oxygen atoms in total. The fourth-order valence-electron chi connectivity index (χ4n) is 3.63. The molecule has 1 aromatic carbocycles. The van der Waals surface area contributed by atoms with E-state index in [1.165, 1.54) is 29.2 Å². The third kappa shape index (κ3) is 2.90. The number of fused-ring (bicyclic) bond motifs is 4. The first-order valence-corrected chi connectivity index (χ1v) is 9.11. The molecule has 0 spiro atoms. The van der Waals surface area contributed by atoms with Crippen LogP contribution in [0.2, 0.25) is 0 Å². The van der Waals surface area contributed by atoms with Crippen LogP contribution in [-0.2, 0) is 6.18 Å². The summed E-state index contributed by atoms with van der Waals surface area (Å²) < 4.78 is 84.1. The van der Waals surface area contributed by atoms with Crippen molar-refractivity contribution in [3.05, 3.63) is 59.6 Å². The first-order valence-electron chi connectivity index (χ1n) is 10.6. The molecule has 0 fully saturated rings. The van der Waals surface area contributed by atoms with Gasteiger partial charge in [-0.2, -0.15) is 13.2 Å². The second kappa shape index (κ2) is 6.77. The van der Waals surface area contributed by atoms with Gasteiger partial charge in [-0.3, -0.25) is 9.20 Å². The average molecular weight is 449 g/mol. The summed E-state index contributed by atoms with van der Waals surface area (Å²) in [5, 5.41) is 0. The van der Waals surface area contributed by atoms with E-state index in [9.17, 15) is 22.4 Å². The minimum atomic E-state index is -4.98. The molecule has 0 radical (unpaired) electrons. The van der Waals surface area contributed by atoms with Gasteiger partial charge in [0.1, 0.15) is 29.2 Å². The Morgan fingerprint density at radius 3 is 2.91 bits per heavy atom. The van der Waals surface area contributed by atoms with Crippen molar-refractivity contribution in [2.45, 2.75) is 12.2 Å². The van der Waals surface area contributed by atoms with E-state index in [4.69, 9.17) is 14.6 Å². The molecule has 1 aliphatic rings.